The largest absolute Gasteiger partial charge is 0.331 e. The second-order valence-electron chi connectivity index (χ2n) is 5.52. The molecule has 0 bridgehead atoms. The third-order valence-electron chi connectivity index (χ3n) is 1.69. The monoisotopic (exact) mass is 199 g/mol. The Morgan fingerprint density at radius 2 is 1.36 bits per heavy atom. The van der Waals surface area contributed by atoms with Crippen LogP contribution in [0.5, 0.6) is 0 Å². The summed E-state index contributed by atoms with van der Waals surface area (Å²) in [5, 5.41) is 3.93. The maximum atomic E-state index is 10.7. The number of rotatable bonds is 1. The SMILES string of the molecule is CC(=O)ON=C(C(C)(C)C)C(C)(C)C. The first-order valence-electron chi connectivity index (χ1n) is 4.81. The van der Waals surface area contributed by atoms with E-state index in [1.807, 2.05) is 0 Å². The predicted molar refractivity (Wildman–Crippen MR) is 58.1 cm³/mol. The molecule has 0 aromatic carbocycles. The zero-order chi connectivity index (χ0) is 11.6. The van der Waals surface area contributed by atoms with Crippen molar-refractivity contribution in [3.8, 4) is 0 Å². The van der Waals surface area contributed by atoms with Gasteiger partial charge >= 0.3 is 5.97 Å². The quantitative estimate of drug-likeness (QED) is 0.370. The van der Waals surface area contributed by atoms with E-state index >= 15 is 0 Å². The van der Waals surface area contributed by atoms with Gasteiger partial charge in [0.05, 0.1) is 5.71 Å². The van der Waals surface area contributed by atoms with Crippen LogP contribution >= 0.6 is 0 Å². The standard InChI is InChI=1S/C11H21NO2/c1-8(13)14-12-9(10(2,3)4)11(5,6)7/h1-7H3. The second-order valence-corrected chi connectivity index (χ2v) is 5.52. The molecule has 3 nitrogen and oxygen atoms in total. The van der Waals surface area contributed by atoms with Crippen molar-refractivity contribution in [3.63, 3.8) is 0 Å². The molecule has 0 saturated heterocycles. The van der Waals surface area contributed by atoms with Gasteiger partial charge in [0.15, 0.2) is 0 Å². The number of nitrogens with zero attached hydrogens (tertiary/aromatic N) is 1. The average molecular weight is 199 g/mol. The summed E-state index contributed by atoms with van der Waals surface area (Å²) in [4.78, 5) is 15.4. The lowest BCUT2D eigenvalue weighted by atomic mass is 9.75. The van der Waals surface area contributed by atoms with E-state index in [0.29, 0.717) is 0 Å². The lowest BCUT2D eigenvalue weighted by molar-refractivity contribution is -0.141. The summed E-state index contributed by atoms with van der Waals surface area (Å²) in [7, 11) is 0. The van der Waals surface area contributed by atoms with Crippen LogP contribution in [0.25, 0.3) is 0 Å². The van der Waals surface area contributed by atoms with Gasteiger partial charge in [0.1, 0.15) is 0 Å². The van der Waals surface area contributed by atoms with Gasteiger partial charge in [-0.2, -0.15) is 0 Å². The summed E-state index contributed by atoms with van der Waals surface area (Å²) >= 11 is 0. The molecule has 0 saturated carbocycles. The first-order valence-corrected chi connectivity index (χ1v) is 4.81. The third kappa shape index (κ3) is 4.40. The minimum absolute atomic E-state index is 0.0896. The molecule has 82 valence electrons. The summed E-state index contributed by atoms with van der Waals surface area (Å²) in [6.45, 7) is 13.7. The van der Waals surface area contributed by atoms with E-state index in [1.165, 1.54) is 6.92 Å². The van der Waals surface area contributed by atoms with Crippen LogP contribution in [0.1, 0.15) is 48.5 Å². The van der Waals surface area contributed by atoms with Gasteiger partial charge in [-0.1, -0.05) is 46.7 Å². The van der Waals surface area contributed by atoms with Crippen molar-refractivity contribution < 1.29 is 9.63 Å². The van der Waals surface area contributed by atoms with Crippen molar-refractivity contribution in [1.29, 1.82) is 0 Å². The topological polar surface area (TPSA) is 38.7 Å². The van der Waals surface area contributed by atoms with E-state index in [-0.39, 0.29) is 16.8 Å². The van der Waals surface area contributed by atoms with Crippen LogP contribution in [0.3, 0.4) is 0 Å². The fourth-order valence-corrected chi connectivity index (χ4v) is 1.51. The van der Waals surface area contributed by atoms with E-state index in [1.54, 1.807) is 0 Å². The first-order chi connectivity index (χ1) is 6.05. The molecule has 0 fully saturated rings. The zero-order valence-corrected chi connectivity index (χ0v) is 10.3. The second kappa shape index (κ2) is 4.11. The molecule has 14 heavy (non-hydrogen) atoms. The molecule has 0 aliphatic rings. The summed E-state index contributed by atoms with van der Waals surface area (Å²) in [6, 6.07) is 0. The highest BCUT2D eigenvalue weighted by Crippen LogP contribution is 2.30. The molecule has 0 aliphatic carbocycles. The molecule has 0 aromatic heterocycles. The Morgan fingerprint density at radius 3 is 1.57 bits per heavy atom. The van der Waals surface area contributed by atoms with E-state index < -0.39 is 0 Å². The fraction of sp³-hybridized carbons (Fsp3) is 0.818. The van der Waals surface area contributed by atoms with Crippen LogP contribution in [0.2, 0.25) is 0 Å². The highest BCUT2D eigenvalue weighted by atomic mass is 16.7. The van der Waals surface area contributed by atoms with Crippen molar-refractivity contribution in [1.82, 2.24) is 0 Å². The maximum Gasteiger partial charge on any atom is 0.331 e. The summed E-state index contributed by atoms with van der Waals surface area (Å²) < 4.78 is 0. The Labute approximate surface area is 86.5 Å². The van der Waals surface area contributed by atoms with E-state index in [4.69, 9.17) is 4.84 Å². The number of hydrogen-bond acceptors (Lipinski definition) is 3. The van der Waals surface area contributed by atoms with Crippen LogP contribution in [-0.2, 0) is 9.63 Å². The molecule has 0 aliphatic heterocycles. The van der Waals surface area contributed by atoms with Crippen molar-refractivity contribution in [2.45, 2.75) is 48.5 Å². The van der Waals surface area contributed by atoms with E-state index in [0.717, 1.165) is 5.71 Å². The molecule has 0 unspecified atom stereocenters. The average Bonchev–Trinajstić information content (AvgIpc) is 1.78. The maximum absolute atomic E-state index is 10.7. The van der Waals surface area contributed by atoms with Crippen LogP contribution in [0, 0.1) is 10.8 Å². The van der Waals surface area contributed by atoms with Crippen molar-refractivity contribution >= 4 is 11.7 Å². The van der Waals surface area contributed by atoms with E-state index in [9.17, 15) is 4.79 Å². The van der Waals surface area contributed by atoms with Crippen molar-refractivity contribution in [2.24, 2.45) is 16.0 Å². The van der Waals surface area contributed by atoms with Gasteiger partial charge in [0.2, 0.25) is 0 Å². The van der Waals surface area contributed by atoms with Crippen molar-refractivity contribution in [3.05, 3.63) is 0 Å². The summed E-state index contributed by atoms with van der Waals surface area (Å²) in [5.74, 6) is -0.379. The number of carbonyl (C=O) groups excluding carboxylic acids is 1. The predicted octanol–water partition coefficient (Wildman–Crippen LogP) is 3.00. The van der Waals surface area contributed by atoms with Gasteiger partial charge in [-0.05, 0) is 0 Å². The number of oxime groups is 1. The first kappa shape index (κ1) is 13.1. The lowest BCUT2D eigenvalue weighted by Gasteiger charge is -2.30. The van der Waals surface area contributed by atoms with Gasteiger partial charge < -0.3 is 4.84 Å². The Balaban J connectivity index is 4.93. The summed E-state index contributed by atoms with van der Waals surface area (Å²) in [5.41, 5.74) is 0.710. The smallest absolute Gasteiger partial charge is 0.319 e. The Bertz CT molecular complexity index is 225. The van der Waals surface area contributed by atoms with Gasteiger partial charge in [0, 0.05) is 17.8 Å². The van der Waals surface area contributed by atoms with Crippen LogP contribution < -0.4 is 0 Å². The minimum atomic E-state index is -0.379. The number of hydrogen-bond donors (Lipinski definition) is 0. The molecule has 0 heterocycles. The van der Waals surface area contributed by atoms with Gasteiger partial charge in [0.25, 0.3) is 0 Å². The molecule has 0 amide bonds. The molecular formula is C11H21NO2. The highest BCUT2D eigenvalue weighted by Gasteiger charge is 2.31. The highest BCUT2D eigenvalue weighted by molar-refractivity contribution is 5.93. The molecule has 0 atom stereocenters. The van der Waals surface area contributed by atoms with Crippen molar-refractivity contribution in [2.75, 3.05) is 0 Å². The molecule has 3 heteroatoms. The van der Waals surface area contributed by atoms with Crippen LogP contribution in [-0.4, -0.2) is 11.7 Å². The van der Waals surface area contributed by atoms with Crippen LogP contribution in [0.15, 0.2) is 5.16 Å². The molecule has 0 N–H and O–H groups in total. The molecule has 0 radical (unpaired) electrons. The molecule has 0 aromatic rings. The Morgan fingerprint density at radius 1 is 1.00 bits per heavy atom. The van der Waals surface area contributed by atoms with Crippen LogP contribution in [0.4, 0.5) is 0 Å². The third-order valence-corrected chi connectivity index (χ3v) is 1.69. The van der Waals surface area contributed by atoms with E-state index in [2.05, 4.69) is 46.7 Å². The minimum Gasteiger partial charge on any atom is -0.319 e. The van der Waals surface area contributed by atoms with Gasteiger partial charge in [-0.15, -0.1) is 0 Å². The fourth-order valence-electron chi connectivity index (χ4n) is 1.51. The Hall–Kier alpha value is -0.860. The molecular weight excluding hydrogens is 178 g/mol. The number of carbonyl (C=O) groups is 1. The van der Waals surface area contributed by atoms with Gasteiger partial charge in [-0.25, -0.2) is 4.79 Å². The molecule has 0 spiro atoms. The summed E-state index contributed by atoms with van der Waals surface area (Å²) in [6.07, 6.45) is 0. The Kier molecular flexibility index (Phi) is 3.86. The molecule has 0 rings (SSSR count). The van der Waals surface area contributed by atoms with Gasteiger partial charge in [-0.3, -0.25) is 0 Å². The normalized spacial score (nSPS) is 12.2. The zero-order valence-electron chi connectivity index (χ0n) is 10.3. The lowest BCUT2D eigenvalue weighted by Crippen LogP contribution is -2.33.